The number of nitrogens with one attached hydrogen (secondary N) is 1. The Morgan fingerprint density at radius 2 is 2.05 bits per heavy atom. The van der Waals surface area contributed by atoms with Crippen LogP contribution in [0.5, 0.6) is 0 Å². The van der Waals surface area contributed by atoms with Gasteiger partial charge in [0, 0.05) is 28.9 Å². The number of carboxylic acids is 1. The van der Waals surface area contributed by atoms with Gasteiger partial charge in [-0.15, -0.1) is 11.3 Å². The van der Waals surface area contributed by atoms with Gasteiger partial charge in [0.15, 0.2) is 5.13 Å². The molecule has 0 spiro atoms. The van der Waals surface area contributed by atoms with Gasteiger partial charge in [-0.05, 0) is 38.1 Å². The van der Waals surface area contributed by atoms with Crippen LogP contribution in [0.4, 0.5) is 9.52 Å². The lowest BCUT2D eigenvalue weighted by Crippen LogP contribution is -2.24. The molecule has 2 aromatic rings. The van der Waals surface area contributed by atoms with E-state index in [0.29, 0.717) is 21.3 Å². The first kappa shape index (κ1) is 14.5. The fourth-order valence-electron chi connectivity index (χ4n) is 1.74. The number of hydrogen-bond acceptors (Lipinski definition) is 5. The standard InChI is InChI=1S/C14H15FN2O2S/c1-8(2)16-14-17-13(11(20-14)7-12(18)19)9-3-5-10(15)6-4-9/h3-6,8H,7H2,1-2H3,(H,16,17)(H,18,19)/p-1. The number of thiazole rings is 1. The molecule has 1 N–H and O–H groups in total. The van der Waals surface area contributed by atoms with Gasteiger partial charge in [-0.3, -0.25) is 0 Å². The van der Waals surface area contributed by atoms with Crippen LogP contribution in [-0.2, 0) is 11.2 Å². The molecule has 1 aromatic carbocycles. The van der Waals surface area contributed by atoms with Crippen molar-refractivity contribution in [3.63, 3.8) is 0 Å². The summed E-state index contributed by atoms with van der Waals surface area (Å²) in [6, 6.07) is 6.02. The molecule has 0 amide bonds. The summed E-state index contributed by atoms with van der Waals surface area (Å²) in [6.07, 6.45) is -0.204. The lowest BCUT2D eigenvalue weighted by atomic mass is 10.1. The molecule has 0 atom stereocenters. The second kappa shape index (κ2) is 6.00. The van der Waals surface area contributed by atoms with Gasteiger partial charge in [-0.1, -0.05) is 0 Å². The first-order valence-corrected chi connectivity index (χ1v) is 6.99. The Kier molecular flexibility index (Phi) is 4.34. The maximum Gasteiger partial charge on any atom is 0.183 e. The third kappa shape index (κ3) is 3.54. The third-order valence-corrected chi connectivity index (χ3v) is 3.52. The quantitative estimate of drug-likeness (QED) is 0.916. The van der Waals surface area contributed by atoms with Gasteiger partial charge in [0.25, 0.3) is 0 Å². The minimum absolute atomic E-state index is 0.193. The zero-order valence-corrected chi connectivity index (χ0v) is 12.0. The van der Waals surface area contributed by atoms with Crippen molar-refractivity contribution in [1.29, 1.82) is 0 Å². The summed E-state index contributed by atoms with van der Waals surface area (Å²) in [4.78, 5) is 15.8. The Morgan fingerprint density at radius 1 is 1.40 bits per heavy atom. The topological polar surface area (TPSA) is 65.0 Å². The molecule has 2 rings (SSSR count). The van der Waals surface area contributed by atoms with E-state index in [9.17, 15) is 14.3 Å². The van der Waals surface area contributed by atoms with E-state index < -0.39 is 5.97 Å². The van der Waals surface area contributed by atoms with Crippen molar-refractivity contribution in [1.82, 2.24) is 4.98 Å². The predicted octanol–water partition coefficient (Wildman–Crippen LogP) is 2.06. The summed E-state index contributed by atoms with van der Waals surface area (Å²) in [5, 5.41) is 14.6. The zero-order chi connectivity index (χ0) is 14.7. The fraction of sp³-hybridized carbons (Fsp3) is 0.286. The Morgan fingerprint density at radius 3 is 2.60 bits per heavy atom. The summed E-state index contributed by atoms with van der Waals surface area (Å²) in [5.41, 5.74) is 1.25. The Labute approximate surface area is 120 Å². The number of aromatic nitrogens is 1. The number of aliphatic carboxylic acids is 1. The summed E-state index contributed by atoms with van der Waals surface area (Å²) in [7, 11) is 0. The lowest BCUT2D eigenvalue weighted by molar-refractivity contribution is -0.304. The van der Waals surface area contributed by atoms with Crippen molar-refractivity contribution < 1.29 is 14.3 Å². The van der Waals surface area contributed by atoms with Crippen LogP contribution in [0.1, 0.15) is 18.7 Å². The molecule has 0 unspecified atom stereocenters. The number of nitrogens with zero attached hydrogens (tertiary/aromatic N) is 1. The van der Waals surface area contributed by atoms with Crippen molar-refractivity contribution in [2.45, 2.75) is 26.3 Å². The van der Waals surface area contributed by atoms with E-state index in [2.05, 4.69) is 10.3 Å². The van der Waals surface area contributed by atoms with Crippen molar-refractivity contribution >= 4 is 22.4 Å². The highest BCUT2D eigenvalue weighted by Crippen LogP contribution is 2.31. The average molecular weight is 293 g/mol. The van der Waals surface area contributed by atoms with E-state index in [1.54, 1.807) is 12.1 Å². The second-order valence-electron chi connectivity index (χ2n) is 4.65. The maximum atomic E-state index is 13.0. The summed E-state index contributed by atoms with van der Waals surface area (Å²) >= 11 is 1.28. The number of hydrogen-bond donors (Lipinski definition) is 1. The van der Waals surface area contributed by atoms with Gasteiger partial charge < -0.3 is 15.2 Å². The van der Waals surface area contributed by atoms with Crippen molar-refractivity contribution in [3.05, 3.63) is 35.0 Å². The van der Waals surface area contributed by atoms with Gasteiger partial charge in [-0.2, -0.15) is 0 Å². The monoisotopic (exact) mass is 293 g/mol. The van der Waals surface area contributed by atoms with E-state index in [4.69, 9.17) is 0 Å². The predicted molar refractivity (Wildman–Crippen MR) is 75.0 cm³/mol. The molecule has 0 saturated heterocycles. The molecule has 0 radical (unpaired) electrons. The van der Waals surface area contributed by atoms with Gasteiger partial charge in [0.1, 0.15) is 5.82 Å². The number of benzene rings is 1. The second-order valence-corrected chi connectivity index (χ2v) is 5.73. The van der Waals surface area contributed by atoms with Crippen LogP contribution in [0, 0.1) is 5.82 Å². The van der Waals surface area contributed by atoms with E-state index in [0.717, 1.165) is 0 Å². The number of halogens is 1. The first-order valence-electron chi connectivity index (χ1n) is 6.17. The zero-order valence-electron chi connectivity index (χ0n) is 11.1. The van der Waals surface area contributed by atoms with Gasteiger partial charge in [0.2, 0.25) is 0 Å². The molecule has 0 aliphatic rings. The van der Waals surface area contributed by atoms with Crippen LogP contribution in [0.3, 0.4) is 0 Å². The highest BCUT2D eigenvalue weighted by molar-refractivity contribution is 7.16. The van der Waals surface area contributed by atoms with Crippen molar-refractivity contribution in [3.8, 4) is 11.3 Å². The smallest absolute Gasteiger partial charge is 0.183 e. The lowest BCUT2D eigenvalue weighted by Gasteiger charge is -2.04. The van der Waals surface area contributed by atoms with E-state index in [1.165, 1.54) is 23.5 Å². The van der Waals surface area contributed by atoms with Gasteiger partial charge >= 0.3 is 0 Å². The molecule has 6 heteroatoms. The van der Waals surface area contributed by atoms with E-state index in [1.807, 2.05) is 13.8 Å². The maximum absolute atomic E-state index is 13.0. The van der Waals surface area contributed by atoms with Crippen LogP contribution < -0.4 is 10.4 Å². The summed E-state index contributed by atoms with van der Waals surface area (Å²) in [6.45, 7) is 3.94. The molecule has 1 aromatic heterocycles. The molecule has 0 aliphatic carbocycles. The molecule has 20 heavy (non-hydrogen) atoms. The highest BCUT2D eigenvalue weighted by atomic mass is 32.1. The van der Waals surface area contributed by atoms with E-state index >= 15 is 0 Å². The van der Waals surface area contributed by atoms with E-state index in [-0.39, 0.29) is 18.3 Å². The van der Waals surface area contributed by atoms with Gasteiger partial charge in [0.05, 0.1) is 5.69 Å². The summed E-state index contributed by atoms with van der Waals surface area (Å²) in [5.74, 6) is -1.50. The molecular formula is C14H14FN2O2S-. The van der Waals surface area contributed by atoms with Crippen LogP contribution in [0.25, 0.3) is 11.3 Å². The Balaban J connectivity index is 2.40. The molecule has 0 saturated carbocycles. The summed E-state index contributed by atoms with van der Waals surface area (Å²) < 4.78 is 13.0. The van der Waals surface area contributed by atoms with Crippen molar-refractivity contribution in [2.75, 3.05) is 5.32 Å². The number of rotatable bonds is 5. The average Bonchev–Trinajstić information content (AvgIpc) is 2.71. The molecule has 0 bridgehead atoms. The molecule has 0 aliphatic heterocycles. The van der Waals surface area contributed by atoms with Crippen molar-refractivity contribution in [2.24, 2.45) is 0 Å². The van der Waals surface area contributed by atoms with Gasteiger partial charge in [-0.25, -0.2) is 9.37 Å². The third-order valence-electron chi connectivity index (χ3n) is 2.53. The molecule has 0 fully saturated rings. The minimum atomic E-state index is -1.16. The SMILES string of the molecule is CC(C)Nc1nc(-c2ccc(F)cc2)c(CC(=O)[O-])s1. The molecule has 1 heterocycles. The largest absolute Gasteiger partial charge is 0.550 e. The number of carboxylic acid groups (broad SMARTS) is 1. The first-order chi connectivity index (χ1) is 9.45. The Hall–Kier alpha value is -1.95. The Bertz CT molecular complexity index is 608. The normalized spacial score (nSPS) is 10.8. The highest BCUT2D eigenvalue weighted by Gasteiger charge is 2.14. The molecule has 4 nitrogen and oxygen atoms in total. The minimum Gasteiger partial charge on any atom is -0.550 e. The van der Waals surface area contributed by atoms with Crippen LogP contribution in [-0.4, -0.2) is 17.0 Å². The fourth-order valence-corrected chi connectivity index (χ4v) is 2.86. The number of carbonyl (C=O) groups is 1. The molecule has 106 valence electrons. The van der Waals surface area contributed by atoms with Crippen LogP contribution in [0.15, 0.2) is 24.3 Å². The molecular weight excluding hydrogens is 279 g/mol. The van der Waals surface area contributed by atoms with Crippen LogP contribution >= 0.6 is 11.3 Å². The van der Waals surface area contributed by atoms with Crippen LogP contribution in [0.2, 0.25) is 0 Å². The number of carbonyl (C=O) groups excluding carboxylic acids is 1. The number of anilines is 1.